The average Bonchev–Trinajstić information content (AvgIpc) is 2.77. The zero-order valence-electron chi connectivity index (χ0n) is 10.6. The van der Waals surface area contributed by atoms with Crippen molar-refractivity contribution in [2.45, 2.75) is 19.8 Å². The number of nitrogens with one attached hydrogen (secondary N) is 2. The van der Waals surface area contributed by atoms with Gasteiger partial charge in [0.05, 0.1) is 0 Å². The molecule has 0 radical (unpaired) electrons. The summed E-state index contributed by atoms with van der Waals surface area (Å²) in [5, 5.41) is 4.56. The molecule has 2 heterocycles. The summed E-state index contributed by atoms with van der Waals surface area (Å²) in [5.74, 6) is 0.536. The lowest BCUT2D eigenvalue weighted by molar-refractivity contribution is -0.123. The molecule has 1 aromatic heterocycles. The highest BCUT2D eigenvalue weighted by Crippen LogP contribution is 2.24. The topological polar surface area (TPSA) is 44.9 Å². The molecule has 3 rings (SSSR count). The fraction of sp³-hybridized carbons (Fsp3) is 0.400. The smallest absolute Gasteiger partial charge is 0.138 e. The number of H-pyrrole nitrogens is 1. The van der Waals surface area contributed by atoms with Crippen molar-refractivity contribution in [1.29, 1.82) is 0 Å². The number of carbonyl (C=O) groups is 1. The van der Waals surface area contributed by atoms with Crippen LogP contribution < -0.4 is 5.32 Å². The van der Waals surface area contributed by atoms with Gasteiger partial charge in [0.1, 0.15) is 5.78 Å². The van der Waals surface area contributed by atoms with E-state index in [1.807, 2.05) is 0 Å². The van der Waals surface area contributed by atoms with Gasteiger partial charge in [-0.3, -0.25) is 4.79 Å². The second kappa shape index (κ2) is 4.58. The molecule has 1 fully saturated rings. The minimum atomic E-state index is 0.137. The van der Waals surface area contributed by atoms with Gasteiger partial charge in [-0.1, -0.05) is 18.2 Å². The van der Waals surface area contributed by atoms with Gasteiger partial charge >= 0.3 is 0 Å². The number of ketones is 1. The van der Waals surface area contributed by atoms with E-state index in [0.29, 0.717) is 12.2 Å². The maximum Gasteiger partial charge on any atom is 0.138 e. The van der Waals surface area contributed by atoms with Gasteiger partial charge in [0, 0.05) is 42.5 Å². The molecule has 0 aliphatic carbocycles. The van der Waals surface area contributed by atoms with Crippen molar-refractivity contribution in [2.24, 2.45) is 5.92 Å². The molecule has 1 saturated heterocycles. The summed E-state index contributed by atoms with van der Waals surface area (Å²) in [5.41, 5.74) is 3.71. The third kappa shape index (κ3) is 1.95. The van der Waals surface area contributed by atoms with Crippen molar-refractivity contribution < 1.29 is 4.79 Å². The highest BCUT2D eigenvalue weighted by atomic mass is 16.1. The van der Waals surface area contributed by atoms with Crippen LogP contribution >= 0.6 is 0 Å². The van der Waals surface area contributed by atoms with Crippen LogP contribution in [-0.2, 0) is 11.2 Å². The molecule has 1 aliphatic heterocycles. The van der Waals surface area contributed by atoms with E-state index in [0.717, 1.165) is 19.5 Å². The van der Waals surface area contributed by atoms with E-state index in [4.69, 9.17) is 0 Å². The van der Waals surface area contributed by atoms with Crippen LogP contribution in [0.4, 0.5) is 0 Å². The molecule has 0 spiro atoms. The van der Waals surface area contributed by atoms with Crippen LogP contribution in [0.5, 0.6) is 0 Å². The Morgan fingerprint density at radius 2 is 2.28 bits per heavy atom. The predicted octanol–water partition coefficient (Wildman–Crippen LogP) is 2.20. The van der Waals surface area contributed by atoms with Gasteiger partial charge in [-0.25, -0.2) is 0 Å². The summed E-state index contributed by atoms with van der Waals surface area (Å²) >= 11 is 0. The first-order chi connectivity index (χ1) is 8.75. The Bertz CT molecular complexity index is 585. The minimum absolute atomic E-state index is 0.137. The first kappa shape index (κ1) is 11.5. The molecule has 94 valence electrons. The number of fused-ring (bicyclic) bond motifs is 1. The van der Waals surface area contributed by atoms with Gasteiger partial charge < -0.3 is 10.3 Å². The summed E-state index contributed by atoms with van der Waals surface area (Å²) in [6, 6.07) is 6.32. The van der Waals surface area contributed by atoms with Crippen LogP contribution in [0.25, 0.3) is 10.9 Å². The number of benzene rings is 1. The molecule has 18 heavy (non-hydrogen) atoms. The van der Waals surface area contributed by atoms with E-state index < -0.39 is 0 Å². The average molecular weight is 242 g/mol. The second-order valence-electron chi connectivity index (χ2n) is 5.13. The highest BCUT2D eigenvalue weighted by Gasteiger charge is 2.23. The Morgan fingerprint density at radius 3 is 3.11 bits per heavy atom. The van der Waals surface area contributed by atoms with E-state index in [-0.39, 0.29) is 5.92 Å². The number of para-hydroxylation sites is 1. The number of hydrogen-bond donors (Lipinski definition) is 2. The van der Waals surface area contributed by atoms with Crippen molar-refractivity contribution in [3.63, 3.8) is 0 Å². The molecule has 1 aromatic carbocycles. The van der Waals surface area contributed by atoms with Crippen LogP contribution in [0.3, 0.4) is 0 Å². The quantitative estimate of drug-likeness (QED) is 0.848. The number of hydrogen-bond acceptors (Lipinski definition) is 2. The summed E-state index contributed by atoms with van der Waals surface area (Å²) in [6.45, 7) is 3.76. The number of rotatable bonds is 2. The predicted molar refractivity (Wildman–Crippen MR) is 72.7 cm³/mol. The zero-order valence-corrected chi connectivity index (χ0v) is 10.6. The fourth-order valence-electron chi connectivity index (χ4n) is 2.79. The van der Waals surface area contributed by atoms with Crippen LogP contribution in [0, 0.1) is 12.8 Å². The van der Waals surface area contributed by atoms with E-state index in [1.165, 1.54) is 22.0 Å². The van der Waals surface area contributed by atoms with Crippen molar-refractivity contribution in [2.75, 3.05) is 13.1 Å². The maximum atomic E-state index is 11.9. The molecule has 2 N–H and O–H groups in total. The standard InChI is InChI=1S/C15H18N2O/c1-10-3-2-4-13-11(9-17-15(10)13)7-12-8-16-6-5-14(12)18/h2-4,9,12,16-17H,5-8H2,1H3. The van der Waals surface area contributed by atoms with E-state index in [9.17, 15) is 4.79 Å². The summed E-state index contributed by atoms with van der Waals surface area (Å²) < 4.78 is 0. The number of aromatic nitrogens is 1. The van der Waals surface area contributed by atoms with Gasteiger partial charge in [0.25, 0.3) is 0 Å². The zero-order chi connectivity index (χ0) is 12.5. The molecule has 0 saturated carbocycles. The van der Waals surface area contributed by atoms with Gasteiger partial charge in [-0.05, 0) is 24.5 Å². The van der Waals surface area contributed by atoms with E-state index >= 15 is 0 Å². The normalized spacial score (nSPS) is 20.5. The van der Waals surface area contributed by atoms with Crippen molar-refractivity contribution >= 4 is 16.7 Å². The van der Waals surface area contributed by atoms with Crippen molar-refractivity contribution in [1.82, 2.24) is 10.3 Å². The van der Waals surface area contributed by atoms with Gasteiger partial charge in [0.15, 0.2) is 0 Å². The fourth-order valence-corrected chi connectivity index (χ4v) is 2.79. The molecular weight excluding hydrogens is 224 g/mol. The Kier molecular flexibility index (Phi) is 2.92. The van der Waals surface area contributed by atoms with Gasteiger partial charge in [-0.15, -0.1) is 0 Å². The van der Waals surface area contributed by atoms with Crippen LogP contribution in [0.1, 0.15) is 17.5 Å². The lowest BCUT2D eigenvalue weighted by Gasteiger charge is -2.21. The summed E-state index contributed by atoms with van der Waals surface area (Å²) in [4.78, 5) is 15.2. The molecule has 3 heteroatoms. The second-order valence-corrected chi connectivity index (χ2v) is 5.13. The Labute approximate surface area is 107 Å². The van der Waals surface area contributed by atoms with Crippen LogP contribution in [0.2, 0.25) is 0 Å². The molecular formula is C15H18N2O. The molecule has 1 unspecified atom stereocenters. The van der Waals surface area contributed by atoms with Gasteiger partial charge in [0.2, 0.25) is 0 Å². The number of Topliss-reactive ketones (excluding diaryl/α,β-unsaturated/α-hetero) is 1. The number of aryl methyl sites for hydroxylation is 1. The molecule has 0 bridgehead atoms. The van der Waals surface area contributed by atoms with E-state index in [1.54, 1.807) is 0 Å². The largest absolute Gasteiger partial charge is 0.361 e. The highest BCUT2D eigenvalue weighted by molar-refractivity contribution is 5.87. The number of carbonyl (C=O) groups excluding carboxylic acids is 1. The van der Waals surface area contributed by atoms with E-state index in [2.05, 4.69) is 41.6 Å². The summed E-state index contributed by atoms with van der Waals surface area (Å²) in [7, 11) is 0. The molecule has 1 atom stereocenters. The lowest BCUT2D eigenvalue weighted by Crippen LogP contribution is -2.37. The number of aromatic amines is 1. The summed E-state index contributed by atoms with van der Waals surface area (Å²) in [6.07, 6.45) is 3.57. The number of piperidine rings is 1. The van der Waals surface area contributed by atoms with Crippen LogP contribution in [0.15, 0.2) is 24.4 Å². The third-order valence-corrected chi connectivity index (χ3v) is 3.87. The molecule has 0 amide bonds. The first-order valence-corrected chi connectivity index (χ1v) is 6.54. The monoisotopic (exact) mass is 242 g/mol. The Hall–Kier alpha value is -1.61. The SMILES string of the molecule is Cc1cccc2c(CC3CNCCC3=O)c[nH]c12. The first-order valence-electron chi connectivity index (χ1n) is 6.54. The Morgan fingerprint density at radius 1 is 1.39 bits per heavy atom. The maximum absolute atomic E-state index is 11.9. The third-order valence-electron chi connectivity index (χ3n) is 3.87. The Balaban J connectivity index is 1.91. The molecule has 3 nitrogen and oxygen atoms in total. The minimum Gasteiger partial charge on any atom is -0.361 e. The lowest BCUT2D eigenvalue weighted by atomic mass is 9.91. The van der Waals surface area contributed by atoms with Crippen molar-refractivity contribution in [3.05, 3.63) is 35.5 Å². The molecule has 1 aliphatic rings. The molecule has 2 aromatic rings. The van der Waals surface area contributed by atoms with Crippen LogP contribution in [-0.4, -0.2) is 23.9 Å². The van der Waals surface area contributed by atoms with Gasteiger partial charge in [-0.2, -0.15) is 0 Å². The van der Waals surface area contributed by atoms with Crippen molar-refractivity contribution in [3.8, 4) is 0 Å².